The molecule has 1 spiro atoms. The highest BCUT2D eigenvalue weighted by molar-refractivity contribution is 5.91. The molecule has 10 nitrogen and oxygen atoms in total. The van der Waals surface area contributed by atoms with Crippen LogP contribution in [0.25, 0.3) is 0 Å². The molecule has 2 heterocycles. The Kier molecular flexibility index (Phi) is 9.10. The number of ether oxygens (including phenoxy) is 5. The number of Topliss-reactive ketones (excluding diaryl/α,β-unsaturated/α-hetero) is 1. The Balaban J connectivity index is 1.28. The molecule has 2 N–H and O–H groups in total. The van der Waals surface area contributed by atoms with Gasteiger partial charge in [-0.3, -0.25) is 9.59 Å². The van der Waals surface area contributed by atoms with E-state index in [9.17, 15) is 14.4 Å². The van der Waals surface area contributed by atoms with Crippen molar-refractivity contribution in [2.24, 2.45) is 5.92 Å². The Hall–Kier alpha value is -2.79. The molecule has 4 rings (SSSR count). The van der Waals surface area contributed by atoms with E-state index >= 15 is 0 Å². The maximum atomic E-state index is 12.7. The van der Waals surface area contributed by atoms with Gasteiger partial charge in [-0.2, -0.15) is 0 Å². The maximum Gasteiger partial charge on any atom is 0.407 e. The molecule has 10 heteroatoms. The standard InChI is InChI=1S/C29H40N2O8/c1-18(2)6-11-23-28(4,39-23)26-25(35-5)22(12-13-29(26)17-37-29)38-27(34)30-14-20-7-9-21(10-8-20)31-24(33)16-36-15-19(3)32/h6-10,22-23,25-26H,11-17H2,1-5H3,(H,30,34)(H,31,33)/t22-,23-,25-,26-,28?,29+/m1/s1. The first-order valence-corrected chi connectivity index (χ1v) is 13.4. The first-order chi connectivity index (χ1) is 18.6. The van der Waals surface area contributed by atoms with Gasteiger partial charge in [0.25, 0.3) is 0 Å². The number of anilines is 1. The number of nitrogens with one attached hydrogen (secondary N) is 2. The third kappa shape index (κ3) is 7.25. The highest BCUT2D eigenvalue weighted by Crippen LogP contribution is 2.59. The molecule has 2 aliphatic heterocycles. The number of carbonyl (C=O) groups excluding carboxylic acids is 3. The third-order valence-corrected chi connectivity index (χ3v) is 7.71. The van der Waals surface area contributed by atoms with Crippen LogP contribution in [0.4, 0.5) is 10.5 Å². The highest BCUT2D eigenvalue weighted by atomic mass is 16.6. The Morgan fingerprint density at radius 2 is 1.85 bits per heavy atom. The quantitative estimate of drug-likeness (QED) is 0.302. The molecule has 1 saturated carbocycles. The van der Waals surface area contributed by atoms with Gasteiger partial charge >= 0.3 is 6.09 Å². The molecular weight excluding hydrogens is 504 g/mol. The summed E-state index contributed by atoms with van der Waals surface area (Å²) in [6, 6.07) is 7.06. The molecule has 214 valence electrons. The lowest BCUT2D eigenvalue weighted by Crippen LogP contribution is -2.56. The van der Waals surface area contributed by atoms with Crippen LogP contribution in [-0.2, 0) is 39.8 Å². The number of hydrogen-bond donors (Lipinski definition) is 2. The van der Waals surface area contributed by atoms with E-state index < -0.39 is 17.8 Å². The van der Waals surface area contributed by atoms with Crippen LogP contribution in [0.3, 0.4) is 0 Å². The summed E-state index contributed by atoms with van der Waals surface area (Å²) in [4.78, 5) is 35.5. The SMILES string of the molecule is CO[C@H]1[C@H](C2(C)O[C@@H]2CC=C(C)C)[C@]2(CC[C@H]1OC(=O)NCc1ccc(NC(=O)COCC(C)=O)cc1)CO2. The number of epoxide rings is 2. The summed E-state index contributed by atoms with van der Waals surface area (Å²) in [7, 11) is 1.65. The van der Waals surface area contributed by atoms with Crippen molar-refractivity contribution in [3.8, 4) is 0 Å². The van der Waals surface area contributed by atoms with Crippen molar-refractivity contribution in [2.45, 2.75) is 83.0 Å². The highest BCUT2D eigenvalue weighted by Gasteiger charge is 2.72. The average Bonchev–Trinajstić information content (AvgIpc) is 3.80. The minimum absolute atomic E-state index is 0.0345. The molecule has 39 heavy (non-hydrogen) atoms. The lowest BCUT2D eigenvalue weighted by atomic mass is 9.68. The van der Waals surface area contributed by atoms with Crippen molar-refractivity contribution in [3.63, 3.8) is 0 Å². The Bertz CT molecular complexity index is 1080. The lowest BCUT2D eigenvalue weighted by molar-refractivity contribution is -0.125. The van der Waals surface area contributed by atoms with Crippen LogP contribution in [0, 0.1) is 5.92 Å². The average molecular weight is 545 g/mol. The number of methoxy groups -OCH3 is 1. The van der Waals surface area contributed by atoms with Gasteiger partial charge < -0.3 is 34.3 Å². The molecule has 0 aromatic heterocycles. The van der Waals surface area contributed by atoms with Crippen molar-refractivity contribution >= 4 is 23.5 Å². The smallest absolute Gasteiger partial charge is 0.407 e. The normalized spacial score (nSPS) is 30.8. The summed E-state index contributed by atoms with van der Waals surface area (Å²) in [6.45, 7) is 8.31. The molecule has 2 amide bonds. The van der Waals surface area contributed by atoms with Crippen LogP contribution in [0.15, 0.2) is 35.9 Å². The van der Waals surface area contributed by atoms with Crippen molar-refractivity contribution in [1.82, 2.24) is 5.32 Å². The maximum absolute atomic E-state index is 12.7. The molecule has 3 aliphatic rings. The zero-order valence-electron chi connectivity index (χ0n) is 23.4. The van der Waals surface area contributed by atoms with Gasteiger partial charge in [-0.05, 0) is 64.7 Å². The first-order valence-electron chi connectivity index (χ1n) is 13.4. The molecule has 1 aromatic carbocycles. The fourth-order valence-electron chi connectivity index (χ4n) is 5.61. The van der Waals surface area contributed by atoms with Gasteiger partial charge in [0.2, 0.25) is 5.91 Å². The molecule has 0 bridgehead atoms. The zero-order chi connectivity index (χ0) is 28.2. The second-order valence-electron chi connectivity index (χ2n) is 11.1. The van der Waals surface area contributed by atoms with Crippen LogP contribution < -0.4 is 10.6 Å². The number of carbonyl (C=O) groups is 3. The third-order valence-electron chi connectivity index (χ3n) is 7.71. The summed E-state index contributed by atoms with van der Waals surface area (Å²) in [5, 5.41) is 5.51. The van der Waals surface area contributed by atoms with Gasteiger partial charge in [-0.25, -0.2) is 4.79 Å². The van der Waals surface area contributed by atoms with Crippen molar-refractivity contribution in [1.29, 1.82) is 0 Å². The molecule has 1 unspecified atom stereocenters. The van der Waals surface area contributed by atoms with Crippen LogP contribution >= 0.6 is 0 Å². The molecule has 6 atom stereocenters. The monoisotopic (exact) mass is 544 g/mol. The van der Waals surface area contributed by atoms with Gasteiger partial charge in [0.15, 0.2) is 5.78 Å². The van der Waals surface area contributed by atoms with E-state index in [0.29, 0.717) is 18.7 Å². The van der Waals surface area contributed by atoms with E-state index in [1.165, 1.54) is 12.5 Å². The number of allylic oxidation sites excluding steroid dienone is 1. The molecular formula is C29H40N2O8. The summed E-state index contributed by atoms with van der Waals surface area (Å²) in [5.41, 5.74) is 2.02. The molecule has 2 saturated heterocycles. The number of hydrogen-bond acceptors (Lipinski definition) is 8. The minimum atomic E-state index is -0.517. The van der Waals surface area contributed by atoms with Crippen LogP contribution in [0.2, 0.25) is 0 Å². The van der Waals surface area contributed by atoms with Gasteiger partial charge in [-0.15, -0.1) is 0 Å². The largest absolute Gasteiger partial charge is 0.443 e. The van der Waals surface area contributed by atoms with E-state index in [0.717, 1.165) is 18.4 Å². The first kappa shape index (κ1) is 29.2. The predicted molar refractivity (Wildman–Crippen MR) is 143 cm³/mol. The van der Waals surface area contributed by atoms with Crippen LogP contribution in [0.1, 0.15) is 52.5 Å². The van der Waals surface area contributed by atoms with Gasteiger partial charge in [0.1, 0.15) is 36.6 Å². The van der Waals surface area contributed by atoms with Crippen molar-refractivity contribution in [2.75, 3.05) is 32.2 Å². The number of rotatable bonds is 12. The topological polar surface area (TPSA) is 128 Å². The number of amides is 2. The molecule has 1 aromatic rings. The van der Waals surface area contributed by atoms with Crippen LogP contribution in [0.5, 0.6) is 0 Å². The lowest BCUT2D eigenvalue weighted by Gasteiger charge is -2.42. The van der Waals surface area contributed by atoms with E-state index in [1.54, 1.807) is 31.4 Å². The summed E-state index contributed by atoms with van der Waals surface area (Å²) < 4.78 is 29.0. The van der Waals surface area contributed by atoms with Crippen molar-refractivity contribution in [3.05, 3.63) is 41.5 Å². The Morgan fingerprint density at radius 1 is 1.13 bits per heavy atom. The zero-order valence-corrected chi connectivity index (χ0v) is 23.4. The van der Waals surface area contributed by atoms with E-state index in [-0.39, 0.29) is 55.2 Å². The van der Waals surface area contributed by atoms with E-state index in [2.05, 4.69) is 37.5 Å². The van der Waals surface area contributed by atoms with Gasteiger partial charge in [0.05, 0.1) is 18.6 Å². The van der Waals surface area contributed by atoms with Crippen LogP contribution in [-0.4, -0.2) is 74.2 Å². The van der Waals surface area contributed by atoms with E-state index in [1.807, 2.05) is 0 Å². The molecule has 3 fully saturated rings. The second kappa shape index (κ2) is 12.2. The number of ketones is 1. The molecule has 1 aliphatic carbocycles. The van der Waals surface area contributed by atoms with Gasteiger partial charge in [0, 0.05) is 19.3 Å². The predicted octanol–water partition coefficient (Wildman–Crippen LogP) is 3.53. The fraction of sp³-hybridized carbons (Fsp3) is 0.621. The summed E-state index contributed by atoms with van der Waals surface area (Å²) >= 11 is 0. The van der Waals surface area contributed by atoms with Crippen molar-refractivity contribution < 1.29 is 38.1 Å². The number of alkyl carbamates (subject to hydrolysis) is 1. The second-order valence-corrected chi connectivity index (χ2v) is 11.1. The summed E-state index contributed by atoms with van der Waals surface area (Å²) in [5.74, 6) is -0.529. The fourth-order valence-corrected chi connectivity index (χ4v) is 5.61. The van der Waals surface area contributed by atoms with E-state index in [4.69, 9.17) is 23.7 Å². The minimum Gasteiger partial charge on any atom is -0.443 e. The summed E-state index contributed by atoms with van der Waals surface area (Å²) in [6.07, 6.45) is 3.29. The molecule has 0 radical (unpaired) electrons. The Labute approximate surface area is 229 Å². The Morgan fingerprint density at radius 3 is 2.46 bits per heavy atom. The number of benzene rings is 1. The van der Waals surface area contributed by atoms with Gasteiger partial charge in [-0.1, -0.05) is 23.8 Å².